The number of benzene rings is 1. The number of phenolic OH excluding ortho intramolecular Hbond substituents is 1. The quantitative estimate of drug-likeness (QED) is 0.514. The molecule has 0 fully saturated rings. The molecule has 11 heteroatoms. The van der Waals surface area contributed by atoms with Crippen LogP contribution in [0.1, 0.15) is 10.4 Å². The van der Waals surface area contributed by atoms with E-state index in [9.17, 15) is 18.3 Å². The molecule has 0 aliphatic carbocycles. The Morgan fingerprint density at radius 2 is 1.93 bits per heavy atom. The second kappa shape index (κ2) is 8.44. The standard InChI is InChI=1S/C17H14Cl2N2O5S2/c18-13-10-15(27-16(13)19)28(24,25)20-11-3-4-12(14(22)9-11)17(23)26-8-7-21-5-1-2-6-21/h1-6,9-10,20,22H,7-8H2. The average Bonchev–Trinajstić information content (AvgIpc) is 3.25. The summed E-state index contributed by atoms with van der Waals surface area (Å²) in [7, 11) is -3.93. The van der Waals surface area contributed by atoms with Crippen LogP contribution >= 0.6 is 34.5 Å². The monoisotopic (exact) mass is 460 g/mol. The highest BCUT2D eigenvalue weighted by Crippen LogP contribution is 2.35. The van der Waals surface area contributed by atoms with Crippen molar-refractivity contribution in [2.24, 2.45) is 0 Å². The van der Waals surface area contributed by atoms with Gasteiger partial charge in [0.2, 0.25) is 0 Å². The Balaban J connectivity index is 1.66. The summed E-state index contributed by atoms with van der Waals surface area (Å²) in [5.74, 6) is -1.12. The minimum absolute atomic E-state index is 0.0713. The molecule has 148 valence electrons. The molecule has 3 aromatic rings. The second-order valence-corrected chi connectivity index (χ2v) is 9.55. The molecule has 0 atom stereocenters. The molecule has 2 heterocycles. The molecule has 0 spiro atoms. The van der Waals surface area contributed by atoms with Crippen molar-refractivity contribution in [2.45, 2.75) is 10.8 Å². The van der Waals surface area contributed by atoms with Gasteiger partial charge in [-0.05, 0) is 30.3 Å². The highest BCUT2D eigenvalue weighted by molar-refractivity contribution is 7.94. The number of sulfonamides is 1. The van der Waals surface area contributed by atoms with Gasteiger partial charge in [-0.2, -0.15) is 0 Å². The minimum atomic E-state index is -3.93. The molecule has 2 aromatic heterocycles. The third-order valence-corrected chi connectivity index (χ3v) is 7.33. The van der Waals surface area contributed by atoms with E-state index in [4.69, 9.17) is 27.9 Å². The van der Waals surface area contributed by atoms with Crippen LogP contribution in [0, 0.1) is 0 Å². The summed E-state index contributed by atoms with van der Waals surface area (Å²) < 4.78 is 34.1. The SMILES string of the molecule is O=C(OCCn1cccc1)c1ccc(NS(=O)(=O)c2cc(Cl)c(Cl)s2)cc1O. The Morgan fingerprint density at radius 1 is 1.21 bits per heavy atom. The summed E-state index contributed by atoms with van der Waals surface area (Å²) in [6.07, 6.45) is 3.67. The zero-order valence-corrected chi connectivity index (χ0v) is 17.3. The molecule has 0 saturated heterocycles. The number of ether oxygens (including phenoxy) is 1. The Kier molecular flexibility index (Phi) is 6.19. The highest BCUT2D eigenvalue weighted by atomic mass is 35.5. The zero-order chi connectivity index (χ0) is 20.3. The summed E-state index contributed by atoms with van der Waals surface area (Å²) in [5, 5.41) is 10.2. The van der Waals surface area contributed by atoms with Crippen LogP contribution in [0.15, 0.2) is 53.0 Å². The average molecular weight is 461 g/mol. The number of nitrogens with one attached hydrogen (secondary N) is 1. The van der Waals surface area contributed by atoms with Crippen LogP contribution in [-0.2, 0) is 21.3 Å². The van der Waals surface area contributed by atoms with E-state index >= 15 is 0 Å². The number of anilines is 1. The van der Waals surface area contributed by atoms with Crippen molar-refractivity contribution in [1.29, 1.82) is 0 Å². The van der Waals surface area contributed by atoms with Crippen LogP contribution in [0.25, 0.3) is 0 Å². The fraction of sp³-hybridized carbons (Fsp3) is 0.118. The van der Waals surface area contributed by atoms with E-state index in [1.54, 1.807) is 0 Å². The van der Waals surface area contributed by atoms with E-state index in [0.717, 1.165) is 17.4 Å². The van der Waals surface area contributed by atoms with Crippen molar-refractivity contribution in [3.63, 3.8) is 0 Å². The number of halogens is 2. The Hall–Kier alpha value is -2.20. The number of thiophene rings is 1. The zero-order valence-electron chi connectivity index (χ0n) is 14.1. The molecule has 2 N–H and O–H groups in total. The Bertz CT molecular complexity index is 1080. The lowest BCUT2D eigenvalue weighted by Crippen LogP contribution is -2.13. The molecule has 0 amide bonds. The van der Waals surface area contributed by atoms with Gasteiger partial charge in [0.05, 0.1) is 17.3 Å². The summed E-state index contributed by atoms with van der Waals surface area (Å²) in [6.45, 7) is 0.602. The van der Waals surface area contributed by atoms with Crippen LogP contribution < -0.4 is 4.72 Å². The van der Waals surface area contributed by atoms with Crippen molar-refractivity contribution >= 4 is 56.2 Å². The first-order chi connectivity index (χ1) is 13.3. The van der Waals surface area contributed by atoms with Crippen molar-refractivity contribution < 1.29 is 23.1 Å². The Labute approximate surface area is 175 Å². The number of carbonyl (C=O) groups excluding carboxylic acids is 1. The summed E-state index contributed by atoms with van der Waals surface area (Å²) >= 11 is 12.4. The Morgan fingerprint density at radius 3 is 2.54 bits per heavy atom. The van der Waals surface area contributed by atoms with Gasteiger partial charge in [-0.3, -0.25) is 4.72 Å². The predicted octanol–water partition coefficient (Wildman–Crippen LogP) is 4.22. The maximum Gasteiger partial charge on any atom is 0.341 e. The molecule has 0 bridgehead atoms. The van der Waals surface area contributed by atoms with Gasteiger partial charge >= 0.3 is 5.97 Å². The smallest absolute Gasteiger partial charge is 0.341 e. The lowest BCUT2D eigenvalue weighted by Gasteiger charge is -2.10. The molecule has 0 radical (unpaired) electrons. The van der Waals surface area contributed by atoms with Gasteiger partial charge in [-0.25, -0.2) is 13.2 Å². The largest absolute Gasteiger partial charge is 0.507 e. The number of phenols is 1. The normalized spacial score (nSPS) is 11.4. The molecular weight excluding hydrogens is 447 g/mol. The lowest BCUT2D eigenvalue weighted by atomic mass is 10.2. The van der Waals surface area contributed by atoms with Crippen molar-refractivity contribution in [2.75, 3.05) is 11.3 Å². The maximum absolute atomic E-state index is 12.4. The number of aromatic hydroxyl groups is 1. The number of aromatic nitrogens is 1. The van der Waals surface area contributed by atoms with Gasteiger partial charge < -0.3 is 14.4 Å². The van der Waals surface area contributed by atoms with Crippen LogP contribution in [0.4, 0.5) is 5.69 Å². The number of rotatable bonds is 7. The second-order valence-electron chi connectivity index (χ2n) is 5.58. The first kappa shape index (κ1) is 20.5. The number of hydrogen-bond donors (Lipinski definition) is 2. The topological polar surface area (TPSA) is 97.6 Å². The molecule has 1 aromatic carbocycles. The minimum Gasteiger partial charge on any atom is -0.507 e. The molecule has 7 nitrogen and oxygen atoms in total. The van der Waals surface area contributed by atoms with Gasteiger partial charge in [0.1, 0.15) is 26.5 Å². The van der Waals surface area contributed by atoms with E-state index in [2.05, 4.69) is 4.72 Å². The molecule has 0 aliphatic heterocycles. The van der Waals surface area contributed by atoms with Crippen LogP contribution in [0.2, 0.25) is 9.36 Å². The van der Waals surface area contributed by atoms with E-state index < -0.39 is 21.7 Å². The summed E-state index contributed by atoms with van der Waals surface area (Å²) in [5.41, 5.74) is -0.000275. The van der Waals surface area contributed by atoms with Crippen molar-refractivity contribution in [1.82, 2.24) is 4.57 Å². The van der Waals surface area contributed by atoms with Gasteiger partial charge in [0, 0.05) is 18.5 Å². The van der Waals surface area contributed by atoms with Gasteiger partial charge in [-0.15, -0.1) is 11.3 Å². The number of esters is 1. The summed E-state index contributed by atoms with van der Waals surface area (Å²) in [4.78, 5) is 12.1. The van der Waals surface area contributed by atoms with Gasteiger partial charge in [0.25, 0.3) is 10.0 Å². The molecule has 0 saturated carbocycles. The van der Waals surface area contributed by atoms with E-state index in [-0.39, 0.29) is 31.4 Å². The highest BCUT2D eigenvalue weighted by Gasteiger charge is 2.21. The van der Waals surface area contributed by atoms with Crippen LogP contribution in [0.5, 0.6) is 5.75 Å². The lowest BCUT2D eigenvalue weighted by molar-refractivity contribution is 0.0488. The van der Waals surface area contributed by atoms with Gasteiger partial charge in [0.15, 0.2) is 0 Å². The van der Waals surface area contributed by atoms with E-state index in [0.29, 0.717) is 6.54 Å². The molecule has 3 rings (SSSR count). The van der Waals surface area contributed by atoms with Crippen LogP contribution in [-0.4, -0.2) is 30.7 Å². The third-order valence-electron chi connectivity index (χ3n) is 3.61. The number of hydrogen-bond acceptors (Lipinski definition) is 6. The number of nitrogens with zero attached hydrogens (tertiary/aromatic N) is 1. The molecule has 0 aliphatic rings. The number of carbonyl (C=O) groups is 1. The maximum atomic E-state index is 12.4. The molecular formula is C17H14Cl2N2O5S2. The first-order valence-corrected chi connectivity index (χ1v) is 10.9. The van der Waals surface area contributed by atoms with Crippen molar-refractivity contribution in [3.8, 4) is 5.75 Å². The first-order valence-electron chi connectivity index (χ1n) is 7.85. The third kappa shape index (κ3) is 4.79. The van der Waals surface area contributed by atoms with Crippen LogP contribution in [0.3, 0.4) is 0 Å². The fourth-order valence-electron chi connectivity index (χ4n) is 2.27. The fourth-order valence-corrected chi connectivity index (χ4v) is 5.20. The molecule has 0 unspecified atom stereocenters. The predicted molar refractivity (Wildman–Crippen MR) is 108 cm³/mol. The summed E-state index contributed by atoms with van der Waals surface area (Å²) in [6, 6.07) is 8.68. The van der Waals surface area contributed by atoms with E-state index in [1.807, 2.05) is 29.1 Å². The molecule has 28 heavy (non-hydrogen) atoms. The van der Waals surface area contributed by atoms with Crippen molar-refractivity contribution in [3.05, 3.63) is 63.7 Å². The van der Waals surface area contributed by atoms with Gasteiger partial charge in [-0.1, -0.05) is 23.2 Å². The van der Waals surface area contributed by atoms with E-state index in [1.165, 1.54) is 18.2 Å².